The van der Waals surface area contributed by atoms with Crippen LogP contribution < -0.4 is 15.0 Å². The fourth-order valence-electron chi connectivity index (χ4n) is 3.85. The number of hydrogen-bond acceptors (Lipinski definition) is 7. The molecule has 1 aliphatic heterocycles. The highest BCUT2D eigenvalue weighted by Gasteiger charge is 2.33. The fraction of sp³-hybridized carbons (Fsp3) is 0.333. The number of aromatic nitrogens is 1. The Morgan fingerprint density at radius 1 is 1.30 bits per heavy atom. The number of halogens is 1. The van der Waals surface area contributed by atoms with Gasteiger partial charge in [-0.2, -0.15) is 0 Å². The number of ether oxygens (including phenoxy) is 1. The number of pyridine rings is 1. The average molecular weight is 487 g/mol. The van der Waals surface area contributed by atoms with E-state index in [9.17, 15) is 9.90 Å². The van der Waals surface area contributed by atoms with E-state index in [-0.39, 0.29) is 5.91 Å². The van der Waals surface area contributed by atoms with Crippen LogP contribution in [0.2, 0.25) is 5.02 Å². The van der Waals surface area contributed by atoms with Crippen molar-refractivity contribution in [3.05, 3.63) is 75.2 Å². The standard InChI is InChI=1S/C24H27ClN4O3S/c1-26-10-8-24(31,22-4-3-13-33-22)32-21-6-5-17(14-19(21)25)16-29-12-11-28(2)20-7-9-27-15-18(20)23(29)30/h3-7,9,13-15,26,31H,8,10-12,16H2,1-2H3. The maximum absolute atomic E-state index is 13.1. The number of nitrogens with zero attached hydrogens (tertiary/aromatic N) is 3. The smallest absolute Gasteiger partial charge is 0.257 e. The first-order valence-electron chi connectivity index (χ1n) is 10.7. The van der Waals surface area contributed by atoms with Gasteiger partial charge in [0.2, 0.25) is 5.79 Å². The Bertz CT molecular complexity index is 1110. The van der Waals surface area contributed by atoms with E-state index in [1.54, 1.807) is 29.4 Å². The molecule has 1 unspecified atom stereocenters. The summed E-state index contributed by atoms with van der Waals surface area (Å²) in [5.41, 5.74) is 2.35. The topological polar surface area (TPSA) is 77.9 Å². The van der Waals surface area contributed by atoms with E-state index in [1.165, 1.54) is 11.3 Å². The molecule has 0 spiro atoms. The van der Waals surface area contributed by atoms with E-state index in [2.05, 4.69) is 15.2 Å². The molecule has 3 aromatic rings. The minimum atomic E-state index is -1.48. The highest BCUT2D eigenvalue weighted by molar-refractivity contribution is 7.10. The Balaban J connectivity index is 1.53. The molecule has 174 valence electrons. The molecular weight excluding hydrogens is 460 g/mol. The molecule has 7 nitrogen and oxygen atoms in total. The summed E-state index contributed by atoms with van der Waals surface area (Å²) in [6, 6.07) is 11.0. The van der Waals surface area contributed by atoms with Crippen molar-refractivity contribution in [2.45, 2.75) is 18.8 Å². The zero-order valence-corrected chi connectivity index (χ0v) is 20.2. The van der Waals surface area contributed by atoms with Gasteiger partial charge in [0.25, 0.3) is 5.91 Å². The lowest BCUT2D eigenvalue weighted by Gasteiger charge is -2.29. The van der Waals surface area contributed by atoms with Crippen LogP contribution in [0.25, 0.3) is 0 Å². The number of anilines is 1. The highest BCUT2D eigenvalue weighted by atomic mass is 35.5. The second kappa shape index (κ2) is 10.1. The molecule has 1 aromatic carbocycles. The Labute approximate surface area is 202 Å². The zero-order valence-electron chi connectivity index (χ0n) is 18.6. The van der Waals surface area contributed by atoms with Crippen molar-refractivity contribution in [1.29, 1.82) is 0 Å². The first-order chi connectivity index (χ1) is 15.9. The van der Waals surface area contributed by atoms with Gasteiger partial charge in [-0.05, 0) is 42.3 Å². The molecule has 0 bridgehead atoms. The van der Waals surface area contributed by atoms with Crippen LogP contribution in [0.4, 0.5) is 5.69 Å². The summed E-state index contributed by atoms with van der Waals surface area (Å²) in [4.78, 5) is 21.8. The van der Waals surface area contributed by atoms with E-state index in [0.717, 1.165) is 17.8 Å². The van der Waals surface area contributed by atoms with Gasteiger partial charge in [0.15, 0.2) is 0 Å². The molecule has 0 saturated heterocycles. The quantitative estimate of drug-likeness (QED) is 0.472. The lowest BCUT2D eigenvalue weighted by atomic mass is 10.1. The van der Waals surface area contributed by atoms with Crippen molar-refractivity contribution in [3.8, 4) is 5.75 Å². The van der Waals surface area contributed by atoms with Crippen molar-refractivity contribution >= 4 is 34.5 Å². The van der Waals surface area contributed by atoms with Gasteiger partial charge in [-0.3, -0.25) is 9.78 Å². The van der Waals surface area contributed by atoms with Crippen molar-refractivity contribution < 1.29 is 14.6 Å². The average Bonchev–Trinajstić information content (AvgIpc) is 3.34. The van der Waals surface area contributed by atoms with Crippen LogP contribution in [0.15, 0.2) is 54.2 Å². The van der Waals surface area contributed by atoms with Gasteiger partial charge < -0.3 is 25.0 Å². The summed E-state index contributed by atoms with van der Waals surface area (Å²) in [5, 5.41) is 16.5. The predicted molar refractivity (Wildman–Crippen MR) is 131 cm³/mol. The second-order valence-electron chi connectivity index (χ2n) is 8.02. The number of fused-ring (bicyclic) bond motifs is 1. The van der Waals surface area contributed by atoms with Crippen LogP contribution in [-0.2, 0) is 12.3 Å². The van der Waals surface area contributed by atoms with Gasteiger partial charge in [0.05, 0.1) is 21.2 Å². The van der Waals surface area contributed by atoms with Gasteiger partial charge in [0.1, 0.15) is 5.75 Å². The number of thiophene rings is 1. The molecule has 2 aromatic heterocycles. The van der Waals surface area contributed by atoms with E-state index in [0.29, 0.717) is 47.3 Å². The van der Waals surface area contributed by atoms with Crippen LogP contribution in [0.1, 0.15) is 27.2 Å². The molecule has 2 N–H and O–H groups in total. The monoisotopic (exact) mass is 486 g/mol. The Hall–Kier alpha value is -2.65. The summed E-state index contributed by atoms with van der Waals surface area (Å²) in [6.07, 6.45) is 3.68. The van der Waals surface area contributed by atoms with E-state index >= 15 is 0 Å². The Kier molecular flexibility index (Phi) is 7.19. The summed E-state index contributed by atoms with van der Waals surface area (Å²) < 4.78 is 6.02. The largest absolute Gasteiger partial charge is 0.456 e. The molecule has 4 rings (SSSR count). The summed E-state index contributed by atoms with van der Waals surface area (Å²) in [5.74, 6) is -1.15. The van der Waals surface area contributed by atoms with Crippen LogP contribution in [-0.4, -0.2) is 54.6 Å². The number of rotatable bonds is 8. The Morgan fingerprint density at radius 2 is 2.15 bits per heavy atom. The number of nitrogens with one attached hydrogen (secondary N) is 1. The SMILES string of the molecule is CNCCC(O)(Oc1ccc(CN2CCN(C)c3ccncc3C2=O)cc1Cl)c1cccs1. The Morgan fingerprint density at radius 3 is 2.88 bits per heavy atom. The van der Waals surface area contributed by atoms with Gasteiger partial charge in [-0.25, -0.2) is 0 Å². The fourth-order valence-corrected chi connectivity index (χ4v) is 4.88. The molecule has 1 aliphatic rings. The highest BCUT2D eigenvalue weighted by Crippen LogP contribution is 2.36. The molecule has 1 atom stereocenters. The van der Waals surface area contributed by atoms with Gasteiger partial charge in [-0.15, -0.1) is 11.3 Å². The number of carbonyl (C=O) groups excluding carboxylic acids is 1. The third kappa shape index (κ3) is 5.14. The molecule has 3 heterocycles. The molecular formula is C24H27ClN4O3S. The number of carbonyl (C=O) groups is 1. The van der Waals surface area contributed by atoms with E-state index in [1.807, 2.05) is 43.7 Å². The summed E-state index contributed by atoms with van der Waals surface area (Å²) in [6.45, 7) is 2.29. The van der Waals surface area contributed by atoms with Crippen LogP contribution in [0.5, 0.6) is 5.75 Å². The van der Waals surface area contributed by atoms with Crippen molar-refractivity contribution in [2.24, 2.45) is 0 Å². The molecule has 1 amide bonds. The lowest BCUT2D eigenvalue weighted by Crippen LogP contribution is -2.35. The minimum absolute atomic E-state index is 0.0574. The number of amides is 1. The minimum Gasteiger partial charge on any atom is -0.456 e. The number of benzene rings is 1. The van der Waals surface area contributed by atoms with Gasteiger partial charge in [-0.1, -0.05) is 23.7 Å². The number of likely N-dealkylation sites (N-methyl/N-ethyl adjacent to an activating group) is 1. The number of hydrogen-bond donors (Lipinski definition) is 2. The second-order valence-corrected chi connectivity index (χ2v) is 9.38. The molecule has 33 heavy (non-hydrogen) atoms. The van der Waals surface area contributed by atoms with Crippen molar-refractivity contribution in [1.82, 2.24) is 15.2 Å². The molecule has 0 radical (unpaired) electrons. The third-order valence-electron chi connectivity index (χ3n) is 5.70. The van der Waals surface area contributed by atoms with Crippen molar-refractivity contribution in [2.75, 3.05) is 38.6 Å². The van der Waals surface area contributed by atoms with E-state index in [4.69, 9.17) is 16.3 Å². The molecule has 0 saturated carbocycles. The zero-order chi connectivity index (χ0) is 23.4. The number of aliphatic hydroxyl groups is 1. The predicted octanol–water partition coefficient (Wildman–Crippen LogP) is 3.72. The van der Waals surface area contributed by atoms with E-state index < -0.39 is 5.79 Å². The molecule has 9 heteroatoms. The van der Waals surface area contributed by atoms with Crippen LogP contribution in [0.3, 0.4) is 0 Å². The maximum atomic E-state index is 13.1. The lowest BCUT2D eigenvalue weighted by molar-refractivity contribution is -0.147. The van der Waals surface area contributed by atoms with Gasteiger partial charge in [0, 0.05) is 52.0 Å². The first-order valence-corrected chi connectivity index (χ1v) is 12.0. The summed E-state index contributed by atoms with van der Waals surface area (Å²) in [7, 11) is 3.80. The molecule has 0 aliphatic carbocycles. The molecule has 0 fully saturated rings. The van der Waals surface area contributed by atoms with Crippen LogP contribution in [0, 0.1) is 0 Å². The third-order valence-corrected chi connectivity index (χ3v) is 7.00. The maximum Gasteiger partial charge on any atom is 0.257 e. The first kappa shape index (κ1) is 23.5. The van der Waals surface area contributed by atoms with Crippen molar-refractivity contribution in [3.63, 3.8) is 0 Å². The normalized spacial score (nSPS) is 15.7. The van der Waals surface area contributed by atoms with Crippen LogP contribution >= 0.6 is 22.9 Å². The van der Waals surface area contributed by atoms with Gasteiger partial charge >= 0.3 is 0 Å². The summed E-state index contributed by atoms with van der Waals surface area (Å²) >= 11 is 7.98.